The number of aryl methyl sites for hydroxylation is 1. The van der Waals surface area contributed by atoms with E-state index in [0.29, 0.717) is 23.5 Å². The number of hydrogen-bond acceptors (Lipinski definition) is 5. The number of aromatic nitrogens is 1. The van der Waals surface area contributed by atoms with Crippen LogP contribution in [0.5, 0.6) is 0 Å². The minimum Gasteiger partial charge on any atom is -0.462 e. The number of rotatable bonds is 8. The van der Waals surface area contributed by atoms with Gasteiger partial charge in [-0.15, -0.1) is 0 Å². The van der Waals surface area contributed by atoms with Crippen molar-refractivity contribution in [2.75, 3.05) is 18.5 Å². The Bertz CT molecular complexity index is 1140. The highest BCUT2D eigenvalue weighted by atomic mass is 19.1. The normalized spacial score (nSPS) is 10.9. The molecule has 2 N–H and O–H groups in total. The fraction of sp³-hybridized carbons (Fsp3) is 0.208. The van der Waals surface area contributed by atoms with Crippen LogP contribution in [0.4, 0.5) is 10.1 Å². The van der Waals surface area contributed by atoms with Crippen LogP contribution in [-0.4, -0.2) is 35.8 Å². The second kappa shape index (κ2) is 10.4. The molecule has 3 aromatic rings. The minimum absolute atomic E-state index is 0.00505. The van der Waals surface area contributed by atoms with Gasteiger partial charge in [-0.3, -0.25) is 4.79 Å². The van der Waals surface area contributed by atoms with Crippen molar-refractivity contribution < 1.29 is 18.7 Å². The fourth-order valence-corrected chi connectivity index (χ4v) is 3.30. The van der Waals surface area contributed by atoms with E-state index in [1.54, 1.807) is 37.4 Å². The molecule has 1 aromatic heterocycles. The van der Waals surface area contributed by atoms with Crippen LogP contribution in [0, 0.1) is 19.7 Å². The third-order valence-corrected chi connectivity index (χ3v) is 4.80. The monoisotopic (exact) mass is 436 g/mol. The summed E-state index contributed by atoms with van der Waals surface area (Å²) in [6.07, 6.45) is 1.56. The van der Waals surface area contributed by atoms with E-state index in [2.05, 4.69) is 15.8 Å². The number of carbonyl (C=O) groups is 2. The molecule has 0 saturated carbocycles. The molecule has 0 bridgehead atoms. The van der Waals surface area contributed by atoms with Gasteiger partial charge in [0, 0.05) is 22.6 Å². The number of ether oxygens (including phenoxy) is 1. The van der Waals surface area contributed by atoms with E-state index in [1.807, 2.05) is 36.6 Å². The Kier molecular flexibility index (Phi) is 7.38. The second-order valence-corrected chi connectivity index (χ2v) is 7.05. The third-order valence-electron chi connectivity index (χ3n) is 4.80. The largest absolute Gasteiger partial charge is 0.462 e. The van der Waals surface area contributed by atoms with Crippen molar-refractivity contribution in [1.29, 1.82) is 0 Å². The number of esters is 1. The SMILES string of the molecule is CCOC(=O)c1ccccc1-n1c(C)cc(/C=N\NC(=O)CNc2ccc(F)cc2)c1C. The first-order valence-electron chi connectivity index (χ1n) is 10.2. The molecule has 0 aliphatic carbocycles. The quantitative estimate of drug-likeness (QED) is 0.318. The maximum absolute atomic E-state index is 12.9. The van der Waals surface area contributed by atoms with Crippen LogP contribution in [0.15, 0.2) is 59.7 Å². The van der Waals surface area contributed by atoms with Gasteiger partial charge in [0.1, 0.15) is 5.82 Å². The molecule has 166 valence electrons. The van der Waals surface area contributed by atoms with Crippen LogP contribution >= 0.6 is 0 Å². The number of carbonyl (C=O) groups excluding carboxylic acids is 2. The average molecular weight is 436 g/mol. The number of hydrazone groups is 1. The van der Waals surface area contributed by atoms with Crippen LogP contribution in [0.2, 0.25) is 0 Å². The molecule has 1 heterocycles. The van der Waals surface area contributed by atoms with Crippen molar-refractivity contribution in [2.45, 2.75) is 20.8 Å². The Labute approximate surface area is 185 Å². The Morgan fingerprint density at radius 3 is 2.56 bits per heavy atom. The predicted molar refractivity (Wildman–Crippen MR) is 122 cm³/mol. The van der Waals surface area contributed by atoms with Crippen molar-refractivity contribution in [3.05, 3.63) is 82.9 Å². The zero-order valence-corrected chi connectivity index (χ0v) is 18.2. The lowest BCUT2D eigenvalue weighted by Crippen LogP contribution is -2.25. The molecule has 2 aromatic carbocycles. The molecule has 1 amide bonds. The average Bonchev–Trinajstić information content (AvgIpc) is 3.06. The van der Waals surface area contributed by atoms with E-state index in [1.165, 1.54) is 12.1 Å². The zero-order chi connectivity index (χ0) is 23.1. The molecule has 3 rings (SSSR count). The van der Waals surface area contributed by atoms with Crippen LogP contribution in [0.1, 0.15) is 34.2 Å². The summed E-state index contributed by atoms with van der Waals surface area (Å²) in [6.45, 7) is 5.90. The highest BCUT2D eigenvalue weighted by molar-refractivity contribution is 5.94. The number of nitrogens with one attached hydrogen (secondary N) is 2. The van der Waals surface area contributed by atoms with E-state index in [-0.39, 0.29) is 24.2 Å². The fourth-order valence-electron chi connectivity index (χ4n) is 3.30. The highest BCUT2D eigenvalue weighted by Gasteiger charge is 2.17. The molecule has 0 saturated heterocycles. The van der Waals surface area contributed by atoms with Gasteiger partial charge in [-0.1, -0.05) is 12.1 Å². The first-order chi connectivity index (χ1) is 15.4. The van der Waals surface area contributed by atoms with Gasteiger partial charge >= 0.3 is 5.97 Å². The van der Waals surface area contributed by atoms with Gasteiger partial charge in [0.05, 0.1) is 30.6 Å². The van der Waals surface area contributed by atoms with Crippen molar-refractivity contribution in [1.82, 2.24) is 9.99 Å². The van der Waals surface area contributed by atoms with E-state index >= 15 is 0 Å². The first kappa shape index (κ1) is 22.7. The van der Waals surface area contributed by atoms with Crippen LogP contribution < -0.4 is 10.7 Å². The van der Waals surface area contributed by atoms with Gasteiger partial charge in [-0.2, -0.15) is 5.10 Å². The van der Waals surface area contributed by atoms with E-state index in [9.17, 15) is 14.0 Å². The predicted octanol–water partition coefficient (Wildman–Crippen LogP) is 3.97. The number of benzene rings is 2. The molecule has 0 aliphatic heterocycles. The lowest BCUT2D eigenvalue weighted by molar-refractivity contribution is -0.119. The van der Waals surface area contributed by atoms with Crippen molar-refractivity contribution in [3.63, 3.8) is 0 Å². The molecule has 0 spiro atoms. The van der Waals surface area contributed by atoms with Crippen LogP contribution in [-0.2, 0) is 9.53 Å². The number of anilines is 1. The summed E-state index contributed by atoms with van der Waals surface area (Å²) in [4.78, 5) is 24.4. The number of para-hydroxylation sites is 1. The second-order valence-electron chi connectivity index (χ2n) is 7.05. The summed E-state index contributed by atoms with van der Waals surface area (Å²) in [7, 11) is 0. The Morgan fingerprint density at radius 1 is 1.12 bits per heavy atom. The van der Waals surface area contributed by atoms with Crippen LogP contribution in [0.25, 0.3) is 5.69 Å². The van der Waals surface area contributed by atoms with Gasteiger partial charge in [0.15, 0.2) is 0 Å². The number of halogens is 1. The summed E-state index contributed by atoms with van der Waals surface area (Å²) in [5, 5.41) is 6.93. The molecule has 7 nitrogen and oxygen atoms in total. The maximum atomic E-state index is 12.9. The molecule has 0 unspecified atom stereocenters. The molecule has 32 heavy (non-hydrogen) atoms. The summed E-state index contributed by atoms with van der Waals surface area (Å²) in [6, 6.07) is 14.9. The summed E-state index contributed by atoms with van der Waals surface area (Å²) < 4.78 is 20.1. The third kappa shape index (κ3) is 5.40. The zero-order valence-electron chi connectivity index (χ0n) is 18.2. The molecule has 0 atom stereocenters. The van der Waals surface area contributed by atoms with Gasteiger partial charge in [-0.25, -0.2) is 14.6 Å². The summed E-state index contributed by atoms with van der Waals surface area (Å²) >= 11 is 0. The summed E-state index contributed by atoms with van der Waals surface area (Å²) in [5.41, 5.74) is 6.86. The van der Waals surface area contributed by atoms with Gasteiger partial charge in [0.2, 0.25) is 0 Å². The van der Waals surface area contributed by atoms with Crippen LogP contribution in [0.3, 0.4) is 0 Å². The smallest absolute Gasteiger partial charge is 0.340 e. The summed E-state index contributed by atoms with van der Waals surface area (Å²) in [5.74, 6) is -1.06. The lowest BCUT2D eigenvalue weighted by Gasteiger charge is -2.14. The van der Waals surface area contributed by atoms with Crippen molar-refractivity contribution >= 4 is 23.8 Å². The van der Waals surface area contributed by atoms with E-state index in [0.717, 1.165) is 17.0 Å². The standard InChI is InChI=1S/C24H25FN4O3/c1-4-32-24(31)21-7-5-6-8-22(21)29-16(2)13-18(17(29)3)14-27-28-23(30)15-26-20-11-9-19(25)10-12-20/h5-14,26H,4,15H2,1-3H3,(H,28,30)/b27-14-. The number of hydrogen-bond donors (Lipinski definition) is 2. The van der Waals surface area contributed by atoms with Gasteiger partial charge in [0.25, 0.3) is 5.91 Å². The van der Waals surface area contributed by atoms with Crippen molar-refractivity contribution in [2.24, 2.45) is 5.10 Å². The Hall–Kier alpha value is -3.94. The van der Waals surface area contributed by atoms with E-state index < -0.39 is 0 Å². The number of nitrogens with zero attached hydrogens (tertiary/aromatic N) is 2. The topological polar surface area (TPSA) is 84.7 Å². The Balaban J connectivity index is 1.70. The molecular weight excluding hydrogens is 411 g/mol. The molecule has 0 aliphatic rings. The first-order valence-corrected chi connectivity index (χ1v) is 10.2. The lowest BCUT2D eigenvalue weighted by atomic mass is 10.1. The van der Waals surface area contributed by atoms with Gasteiger partial charge < -0.3 is 14.6 Å². The van der Waals surface area contributed by atoms with E-state index in [4.69, 9.17) is 4.74 Å². The molecular formula is C24H25FN4O3. The molecule has 0 fully saturated rings. The highest BCUT2D eigenvalue weighted by Crippen LogP contribution is 2.23. The molecule has 8 heteroatoms. The van der Waals surface area contributed by atoms with Gasteiger partial charge in [-0.05, 0) is 63.2 Å². The number of amides is 1. The van der Waals surface area contributed by atoms with Crippen molar-refractivity contribution in [3.8, 4) is 5.69 Å². The molecule has 0 radical (unpaired) electrons. The maximum Gasteiger partial charge on any atom is 0.340 e. The minimum atomic E-state index is -0.383. The Morgan fingerprint density at radius 2 is 1.84 bits per heavy atom.